The lowest BCUT2D eigenvalue weighted by Gasteiger charge is -2.42. The number of urea groups is 1. The van der Waals surface area contributed by atoms with Crippen LogP contribution in [0.5, 0.6) is 0 Å². The van der Waals surface area contributed by atoms with Gasteiger partial charge in [-0.05, 0) is 59.9 Å². The second kappa shape index (κ2) is 17.0. The van der Waals surface area contributed by atoms with Gasteiger partial charge in [-0.2, -0.15) is 8.42 Å². The number of aliphatic hydroxyl groups excluding tert-OH is 3. The molecule has 0 aliphatic carbocycles. The van der Waals surface area contributed by atoms with Gasteiger partial charge >= 0.3 is 6.03 Å². The molecule has 296 valence electrons. The van der Waals surface area contributed by atoms with Gasteiger partial charge in [0.15, 0.2) is 16.1 Å². The first kappa shape index (κ1) is 41.6. The molecule has 2 aliphatic rings. The summed E-state index contributed by atoms with van der Waals surface area (Å²) in [6, 6.07) is 19.8. The molecule has 3 aromatic rings. The fourth-order valence-electron chi connectivity index (χ4n) is 7.47. The van der Waals surface area contributed by atoms with Crippen molar-refractivity contribution < 1.29 is 51.0 Å². The second-order valence-electron chi connectivity index (χ2n) is 14.4. The van der Waals surface area contributed by atoms with Gasteiger partial charge in [0.25, 0.3) is 10.1 Å². The Kier molecular flexibility index (Phi) is 13.1. The van der Waals surface area contributed by atoms with Gasteiger partial charge < -0.3 is 40.3 Å². The minimum Gasteiger partial charge on any atom is -0.392 e. The number of unbranched alkanes of at least 4 members (excludes halogenated alkanes) is 1. The monoisotopic (exact) mass is 789 g/mol. The molecule has 14 nitrogen and oxygen atoms in total. The maximum atomic E-state index is 14.0. The molecular formula is C38H51N3O11S2. The summed E-state index contributed by atoms with van der Waals surface area (Å²) in [4.78, 5) is 15.4. The molecule has 1 fully saturated rings. The molecule has 2 amide bonds. The average molecular weight is 790 g/mol. The Labute approximate surface area is 317 Å². The quantitative estimate of drug-likeness (QED) is 0.137. The van der Waals surface area contributed by atoms with Gasteiger partial charge in [0.05, 0.1) is 23.4 Å². The van der Waals surface area contributed by atoms with Gasteiger partial charge in [-0.1, -0.05) is 69.2 Å². The van der Waals surface area contributed by atoms with Crippen molar-refractivity contribution in [1.29, 1.82) is 0 Å². The maximum Gasteiger partial charge on any atom is 0.321 e. The molecule has 0 radical (unpaired) electrons. The first-order chi connectivity index (χ1) is 25.5. The highest BCUT2D eigenvalue weighted by Gasteiger charge is 2.50. The van der Waals surface area contributed by atoms with Crippen LogP contribution in [0.15, 0.2) is 77.7 Å². The van der Waals surface area contributed by atoms with Crippen LogP contribution in [0.4, 0.5) is 16.2 Å². The zero-order valence-corrected chi connectivity index (χ0v) is 32.5. The molecule has 3 aromatic carbocycles. The third-order valence-corrected chi connectivity index (χ3v) is 13.2. The predicted octanol–water partition coefficient (Wildman–Crippen LogP) is 3.66. The van der Waals surface area contributed by atoms with E-state index in [1.807, 2.05) is 32.8 Å². The summed E-state index contributed by atoms with van der Waals surface area (Å²) in [6.07, 6.45) is -6.52. The summed E-state index contributed by atoms with van der Waals surface area (Å²) in [7, 11) is -4.78. The van der Waals surface area contributed by atoms with Crippen LogP contribution in [0, 0.1) is 5.41 Å². The molecule has 0 bridgehead atoms. The molecule has 2 heterocycles. The standard InChI is InChI=1S/C38H51N3O11S2/c1-5-7-18-38(6-2)23-53(46,47)30-17-16-27(41(3)4)20-28(30)31(35(38)44)25-14-11-15-26(19-25)39-37(45)40-36-33(43)34(51-21-24-12-9-8-10-13-24)32(42)29(52-36)22-54(48,49)50/h8-17,19-20,29,31-36,42-44H,5-7,18,21-23H2,1-4H3,(H2,39,40,45)(H,48,49,50)/t29-,31+,32-,33-,34+,35+,36-,38-/m1/s1. The normalized spacial score (nSPS) is 28.0. The number of benzene rings is 3. The highest BCUT2D eigenvalue weighted by Crippen LogP contribution is 2.49. The Hall–Kier alpha value is -3.61. The van der Waals surface area contributed by atoms with Gasteiger partial charge in [0, 0.05) is 36.8 Å². The molecule has 0 saturated carbocycles. The Morgan fingerprint density at radius 1 is 1.00 bits per heavy atom. The number of carbonyl (C=O) groups is 1. The van der Waals surface area contributed by atoms with E-state index < -0.39 is 79.8 Å². The molecule has 54 heavy (non-hydrogen) atoms. The molecule has 0 aromatic heterocycles. The lowest BCUT2D eigenvalue weighted by atomic mass is 9.69. The largest absolute Gasteiger partial charge is 0.392 e. The number of anilines is 2. The number of aliphatic hydroxyl groups is 3. The number of nitrogens with zero attached hydrogens (tertiary/aromatic N) is 1. The van der Waals surface area contributed by atoms with Crippen molar-refractivity contribution in [3.05, 3.63) is 89.5 Å². The van der Waals surface area contributed by atoms with Crippen LogP contribution >= 0.6 is 0 Å². The van der Waals surface area contributed by atoms with Crippen molar-refractivity contribution in [2.45, 2.75) is 93.7 Å². The summed E-state index contributed by atoms with van der Waals surface area (Å²) in [5.41, 5.74) is 1.78. The summed E-state index contributed by atoms with van der Waals surface area (Å²) >= 11 is 0. The van der Waals surface area contributed by atoms with Crippen molar-refractivity contribution >= 4 is 37.4 Å². The Balaban J connectivity index is 1.44. The van der Waals surface area contributed by atoms with Crippen molar-refractivity contribution in [3.8, 4) is 0 Å². The van der Waals surface area contributed by atoms with Crippen LogP contribution < -0.4 is 15.5 Å². The van der Waals surface area contributed by atoms with E-state index in [4.69, 9.17) is 9.47 Å². The van der Waals surface area contributed by atoms with Gasteiger partial charge in [0.1, 0.15) is 30.2 Å². The van der Waals surface area contributed by atoms with Crippen LogP contribution in [-0.4, -0.2) is 105 Å². The number of ether oxygens (including phenoxy) is 2. The van der Waals surface area contributed by atoms with Crippen molar-refractivity contribution in [3.63, 3.8) is 0 Å². The first-order valence-electron chi connectivity index (χ1n) is 18.0. The minimum absolute atomic E-state index is 0.0603. The van der Waals surface area contributed by atoms with Crippen LogP contribution in [-0.2, 0) is 36.0 Å². The van der Waals surface area contributed by atoms with Gasteiger partial charge in [-0.3, -0.25) is 4.55 Å². The molecule has 2 aliphatic heterocycles. The van der Waals surface area contributed by atoms with Crippen LogP contribution in [0.1, 0.15) is 62.1 Å². The molecule has 16 heteroatoms. The van der Waals surface area contributed by atoms with Gasteiger partial charge in [-0.25, -0.2) is 13.2 Å². The summed E-state index contributed by atoms with van der Waals surface area (Å²) in [5.74, 6) is -2.02. The molecule has 0 spiro atoms. The molecule has 5 rings (SSSR count). The summed E-state index contributed by atoms with van der Waals surface area (Å²) < 4.78 is 72.5. The van der Waals surface area contributed by atoms with E-state index in [1.54, 1.807) is 72.8 Å². The minimum atomic E-state index is -4.65. The number of nitrogens with one attached hydrogen (secondary N) is 2. The van der Waals surface area contributed by atoms with E-state index in [0.29, 0.717) is 29.5 Å². The number of fused-ring (bicyclic) bond motifs is 1. The fourth-order valence-corrected chi connectivity index (χ4v) is 10.4. The molecule has 6 N–H and O–H groups in total. The van der Waals surface area contributed by atoms with Crippen LogP contribution in [0.3, 0.4) is 0 Å². The number of hydrogen-bond donors (Lipinski definition) is 6. The van der Waals surface area contributed by atoms with E-state index in [1.165, 1.54) is 0 Å². The second-order valence-corrected chi connectivity index (χ2v) is 17.9. The number of carbonyl (C=O) groups excluding carboxylic acids is 1. The maximum absolute atomic E-state index is 14.0. The van der Waals surface area contributed by atoms with E-state index in [0.717, 1.165) is 18.5 Å². The third kappa shape index (κ3) is 9.42. The molecule has 0 unspecified atom stereocenters. The van der Waals surface area contributed by atoms with E-state index >= 15 is 0 Å². The van der Waals surface area contributed by atoms with Crippen LogP contribution in [0.25, 0.3) is 0 Å². The highest BCUT2D eigenvalue weighted by molar-refractivity contribution is 7.91. The molecular weight excluding hydrogens is 739 g/mol. The van der Waals surface area contributed by atoms with Gasteiger partial charge in [-0.15, -0.1) is 0 Å². The highest BCUT2D eigenvalue weighted by atomic mass is 32.2. The zero-order valence-electron chi connectivity index (χ0n) is 30.8. The van der Waals surface area contributed by atoms with Gasteiger partial charge in [0.2, 0.25) is 0 Å². The third-order valence-electron chi connectivity index (χ3n) is 10.5. The topological polar surface area (TPSA) is 212 Å². The molecule has 1 saturated heterocycles. The Morgan fingerprint density at radius 2 is 1.72 bits per heavy atom. The summed E-state index contributed by atoms with van der Waals surface area (Å²) in [6.45, 7) is 3.85. The fraction of sp³-hybridized carbons (Fsp3) is 0.500. The Morgan fingerprint density at radius 3 is 2.37 bits per heavy atom. The smallest absolute Gasteiger partial charge is 0.321 e. The number of sulfone groups is 1. The average Bonchev–Trinajstić information content (AvgIpc) is 3.19. The van der Waals surface area contributed by atoms with Crippen LogP contribution in [0.2, 0.25) is 0 Å². The molecule has 8 atom stereocenters. The van der Waals surface area contributed by atoms with Crippen molar-refractivity contribution in [2.24, 2.45) is 5.41 Å². The lowest BCUT2D eigenvalue weighted by molar-refractivity contribution is -0.236. The SMILES string of the molecule is CCCC[C@]1(CC)CS(=O)(=O)c2ccc(N(C)C)cc2[C@H](c2cccc(NC(=O)N[C@@H]3O[C@H](CS(=O)(=O)O)[C@@H](O)[C@H](OCc4ccccc4)[C@H]3O)c2)[C@@H]1O. The lowest BCUT2D eigenvalue weighted by Crippen LogP contribution is -2.64. The zero-order chi connectivity index (χ0) is 39.4. The first-order valence-corrected chi connectivity index (χ1v) is 21.3. The number of hydrogen-bond acceptors (Lipinski definition) is 11. The summed E-state index contributed by atoms with van der Waals surface area (Å²) in [5, 5.41) is 39.5. The van der Waals surface area contributed by atoms with Crippen molar-refractivity contribution in [2.75, 3.05) is 35.8 Å². The van der Waals surface area contributed by atoms with Crippen molar-refractivity contribution in [1.82, 2.24) is 5.32 Å². The number of amides is 2. The Bertz CT molecular complexity index is 1980. The van der Waals surface area contributed by atoms with E-state index in [9.17, 15) is 41.5 Å². The van der Waals surface area contributed by atoms with E-state index in [2.05, 4.69) is 10.6 Å². The number of rotatable bonds is 13. The predicted molar refractivity (Wildman–Crippen MR) is 204 cm³/mol. The van der Waals surface area contributed by atoms with E-state index in [-0.39, 0.29) is 22.9 Å².